The normalized spacial score (nSPS) is 16.0. The molecule has 0 spiro atoms. The fourth-order valence-corrected chi connectivity index (χ4v) is 3.57. The monoisotopic (exact) mass is 334 g/mol. The molecule has 1 N–H and O–H groups in total. The zero-order chi connectivity index (χ0) is 15.4. The molecule has 1 aromatic carbocycles. The SMILES string of the molecule is O=C(Cc1ccccc1Cl)NCC(c1ccsc1)N1CCC1. The molecule has 0 radical (unpaired) electrons. The molecular formula is C17H19ClN2OS. The van der Waals surface area contributed by atoms with E-state index in [1.54, 1.807) is 11.3 Å². The van der Waals surface area contributed by atoms with Gasteiger partial charge in [-0.05, 0) is 40.4 Å². The number of nitrogens with one attached hydrogen (secondary N) is 1. The number of halogens is 1. The number of amides is 1. The van der Waals surface area contributed by atoms with Crippen molar-refractivity contribution in [1.82, 2.24) is 10.2 Å². The number of thiophene rings is 1. The van der Waals surface area contributed by atoms with Gasteiger partial charge >= 0.3 is 0 Å². The largest absolute Gasteiger partial charge is 0.354 e. The summed E-state index contributed by atoms with van der Waals surface area (Å²) >= 11 is 7.81. The van der Waals surface area contributed by atoms with Crippen LogP contribution in [0, 0.1) is 0 Å². The van der Waals surface area contributed by atoms with Gasteiger partial charge in [0, 0.05) is 24.7 Å². The Bertz CT molecular complexity index is 625. The van der Waals surface area contributed by atoms with E-state index in [2.05, 4.69) is 27.0 Å². The molecule has 1 aromatic heterocycles. The summed E-state index contributed by atoms with van der Waals surface area (Å²) in [4.78, 5) is 14.6. The Morgan fingerprint density at radius 1 is 1.32 bits per heavy atom. The van der Waals surface area contributed by atoms with E-state index in [1.807, 2.05) is 24.3 Å². The molecule has 1 aliphatic heterocycles. The molecule has 1 atom stereocenters. The maximum atomic E-state index is 12.2. The summed E-state index contributed by atoms with van der Waals surface area (Å²) in [7, 11) is 0. The van der Waals surface area contributed by atoms with Gasteiger partial charge in [-0.3, -0.25) is 9.69 Å². The lowest BCUT2D eigenvalue weighted by Crippen LogP contribution is -2.45. The minimum atomic E-state index is 0.0221. The summed E-state index contributed by atoms with van der Waals surface area (Å²) in [5.74, 6) is 0.0221. The Balaban J connectivity index is 1.58. The first-order chi connectivity index (χ1) is 10.7. The Morgan fingerprint density at radius 2 is 2.14 bits per heavy atom. The molecule has 116 valence electrons. The predicted octanol–water partition coefficient (Wildman–Crippen LogP) is 3.51. The van der Waals surface area contributed by atoms with Gasteiger partial charge in [0.2, 0.25) is 5.91 Å². The lowest BCUT2D eigenvalue weighted by atomic mass is 10.0. The van der Waals surface area contributed by atoms with Gasteiger partial charge in [0.05, 0.1) is 12.5 Å². The second-order valence-corrected chi connectivity index (χ2v) is 6.72. The minimum Gasteiger partial charge on any atom is -0.354 e. The topological polar surface area (TPSA) is 32.3 Å². The number of likely N-dealkylation sites (tertiary alicyclic amines) is 1. The number of benzene rings is 1. The van der Waals surface area contributed by atoms with Gasteiger partial charge in [0.1, 0.15) is 0 Å². The van der Waals surface area contributed by atoms with Gasteiger partial charge < -0.3 is 5.32 Å². The highest BCUT2D eigenvalue weighted by atomic mass is 35.5. The highest BCUT2D eigenvalue weighted by Gasteiger charge is 2.26. The Labute approximate surface area is 139 Å². The quantitative estimate of drug-likeness (QED) is 0.876. The first-order valence-corrected chi connectivity index (χ1v) is 8.82. The van der Waals surface area contributed by atoms with E-state index in [-0.39, 0.29) is 11.9 Å². The molecule has 1 amide bonds. The average Bonchev–Trinajstić information content (AvgIpc) is 2.97. The van der Waals surface area contributed by atoms with Crippen LogP contribution < -0.4 is 5.32 Å². The number of rotatable bonds is 6. The average molecular weight is 335 g/mol. The molecule has 5 heteroatoms. The third kappa shape index (κ3) is 3.69. The van der Waals surface area contributed by atoms with Crippen molar-refractivity contribution in [3.63, 3.8) is 0 Å². The minimum absolute atomic E-state index is 0.0221. The second kappa shape index (κ2) is 7.27. The van der Waals surface area contributed by atoms with Crippen molar-refractivity contribution in [1.29, 1.82) is 0 Å². The summed E-state index contributed by atoms with van der Waals surface area (Å²) in [5.41, 5.74) is 2.17. The maximum Gasteiger partial charge on any atom is 0.224 e. The maximum absolute atomic E-state index is 12.2. The van der Waals surface area contributed by atoms with Crippen molar-refractivity contribution in [3.8, 4) is 0 Å². The molecule has 1 aliphatic rings. The third-order valence-corrected chi connectivity index (χ3v) is 5.13. The van der Waals surface area contributed by atoms with Crippen molar-refractivity contribution < 1.29 is 4.79 Å². The van der Waals surface area contributed by atoms with E-state index in [1.165, 1.54) is 12.0 Å². The third-order valence-electron chi connectivity index (χ3n) is 4.06. The van der Waals surface area contributed by atoms with Gasteiger partial charge in [0.15, 0.2) is 0 Å². The van der Waals surface area contributed by atoms with Crippen LogP contribution in [0.3, 0.4) is 0 Å². The van der Waals surface area contributed by atoms with Crippen molar-refractivity contribution >= 4 is 28.8 Å². The molecule has 1 saturated heterocycles. The molecule has 3 rings (SSSR count). The zero-order valence-electron chi connectivity index (χ0n) is 12.3. The first-order valence-electron chi connectivity index (χ1n) is 7.50. The van der Waals surface area contributed by atoms with Crippen molar-refractivity contribution in [3.05, 3.63) is 57.2 Å². The van der Waals surface area contributed by atoms with E-state index in [9.17, 15) is 4.79 Å². The fourth-order valence-electron chi connectivity index (χ4n) is 2.66. The number of nitrogens with zero attached hydrogens (tertiary/aromatic N) is 1. The number of carbonyl (C=O) groups excluding carboxylic acids is 1. The standard InChI is InChI=1S/C17H19ClN2OS/c18-15-5-2-1-4-13(15)10-17(21)19-11-16(20-7-3-8-20)14-6-9-22-12-14/h1-2,4-6,9,12,16H,3,7-8,10-11H2,(H,19,21). The van der Waals surface area contributed by atoms with E-state index < -0.39 is 0 Å². The molecule has 0 aliphatic carbocycles. The molecule has 0 saturated carbocycles. The van der Waals surface area contributed by atoms with Gasteiger partial charge in [-0.15, -0.1) is 0 Å². The summed E-state index contributed by atoms with van der Waals surface area (Å²) < 4.78 is 0. The smallest absolute Gasteiger partial charge is 0.224 e. The van der Waals surface area contributed by atoms with Gasteiger partial charge in [-0.1, -0.05) is 29.8 Å². The molecule has 1 unspecified atom stereocenters. The van der Waals surface area contributed by atoms with E-state index in [4.69, 9.17) is 11.6 Å². The predicted molar refractivity (Wildman–Crippen MR) is 91.4 cm³/mol. The molecule has 0 bridgehead atoms. The van der Waals surface area contributed by atoms with E-state index in [0.29, 0.717) is 18.0 Å². The van der Waals surface area contributed by atoms with Crippen LogP contribution in [0.2, 0.25) is 5.02 Å². The number of carbonyl (C=O) groups is 1. The van der Waals surface area contributed by atoms with Crippen molar-refractivity contribution in [2.24, 2.45) is 0 Å². The molecule has 2 heterocycles. The van der Waals surface area contributed by atoms with E-state index >= 15 is 0 Å². The highest BCUT2D eigenvalue weighted by Crippen LogP contribution is 2.26. The van der Waals surface area contributed by atoms with Crippen LogP contribution in [0.5, 0.6) is 0 Å². The Kier molecular flexibility index (Phi) is 5.13. The van der Waals surface area contributed by atoms with Crippen LogP contribution in [-0.4, -0.2) is 30.4 Å². The highest BCUT2D eigenvalue weighted by molar-refractivity contribution is 7.07. The fraction of sp³-hybridized carbons (Fsp3) is 0.353. The second-order valence-electron chi connectivity index (χ2n) is 5.53. The molecule has 3 nitrogen and oxygen atoms in total. The van der Waals surface area contributed by atoms with Gasteiger partial charge in [-0.2, -0.15) is 11.3 Å². The van der Waals surface area contributed by atoms with Crippen molar-refractivity contribution in [2.45, 2.75) is 18.9 Å². The molecule has 1 fully saturated rings. The van der Waals surface area contributed by atoms with Crippen LogP contribution in [-0.2, 0) is 11.2 Å². The van der Waals surface area contributed by atoms with Gasteiger partial charge in [-0.25, -0.2) is 0 Å². The van der Waals surface area contributed by atoms with Crippen LogP contribution in [0.1, 0.15) is 23.6 Å². The lowest BCUT2D eigenvalue weighted by molar-refractivity contribution is -0.120. The first kappa shape index (κ1) is 15.5. The van der Waals surface area contributed by atoms with Crippen LogP contribution in [0.4, 0.5) is 0 Å². The molecular weight excluding hydrogens is 316 g/mol. The van der Waals surface area contributed by atoms with Gasteiger partial charge in [0.25, 0.3) is 0 Å². The van der Waals surface area contributed by atoms with Crippen LogP contribution in [0.15, 0.2) is 41.1 Å². The van der Waals surface area contributed by atoms with E-state index in [0.717, 1.165) is 18.7 Å². The summed E-state index contributed by atoms with van der Waals surface area (Å²) in [5, 5.41) is 7.97. The number of hydrogen-bond donors (Lipinski definition) is 1. The van der Waals surface area contributed by atoms with Crippen LogP contribution >= 0.6 is 22.9 Å². The summed E-state index contributed by atoms with van der Waals surface area (Å²) in [6.07, 6.45) is 1.57. The van der Waals surface area contributed by atoms with Crippen molar-refractivity contribution in [2.75, 3.05) is 19.6 Å². The van der Waals surface area contributed by atoms with Crippen LogP contribution in [0.25, 0.3) is 0 Å². The Hall–Kier alpha value is -1.36. The lowest BCUT2D eigenvalue weighted by Gasteiger charge is -2.38. The number of hydrogen-bond acceptors (Lipinski definition) is 3. The zero-order valence-corrected chi connectivity index (χ0v) is 13.9. The molecule has 2 aromatic rings. The summed E-state index contributed by atoms with van der Waals surface area (Å²) in [6.45, 7) is 2.88. The molecule has 22 heavy (non-hydrogen) atoms. The Morgan fingerprint density at radius 3 is 2.77 bits per heavy atom. The summed E-state index contributed by atoms with van der Waals surface area (Å²) in [6, 6.07) is 9.93.